The number of nitrogens with two attached hydrogens (primary N) is 2. The highest BCUT2D eigenvalue weighted by molar-refractivity contribution is 6.34. The second-order valence-corrected chi connectivity index (χ2v) is 6.53. The lowest BCUT2D eigenvalue weighted by Crippen LogP contribution is -2.20. The molecule has 4 N–H and O–H groups in total. The van der Waals surface area contributed by atoms with Gasteiger partial charge in [-0.2, -0.15) is 0 Å². The van der Waals surface area contributed by atoms with Crippen molar-refractivity contribution >= 4 is 55.3 Å². The molecule has 5 aromatic rings. The van der Waals surface area contributed by atoms with Gasteiger partial charge in [0.2, 0.25) is 0 Å². The fourth-order valence-electron chi connectivity index (χ4n) is 4.05. The fraction of sp³-hybridized carbons (Fsp3) is 0. The summed E-state index contributed by atoms with van der Waals surface area (Å²) in [5.74, 6) is 0.121. The lowest BCUT2D eigenvalue weighted by Gasteiger charge is -2.18. The normalized spacial score (nSPS) is 11.4. The van der Waals surface area contributed by atoms with Crippen LogP contribution >= 0.6 is 0 Å². The Bertz CT molecular complexity index is 1420. The summed E-state index contributed by atoms with van der Waals surface area (Å²) in [5, 5.41) is 7.38. The van der Waals surface area contributed by atoms with E-state index in [1.165, 1.54) is 0 Å². The fourth-order valence-corrected chi connectivity index (χ4v) is 4.05. The number of fused-ring (bicyclic) bond motifs is 2. The summed E-state index contributed by atoms with van der Waals surface area (Å²) >= 11 is 0. The van der Waals surface area contributed by atoms with Crippen LogP contribution in [0.1, 0.15) is 0 Å². The summed E-state index contributed by atoms with van der Waals surface area (Å²) in [7, 11) is 0. The Hall–Kier alpha value is -4.06. The largest absolute Gasteiger partial charge is 0.410 e. The minimum atomic E-state index is -1.01. The molecule has 0 fully saturated rings. The maximum absolute atomic E-state index is 11.6. The van der Waals surface area contributed by atoms with Crippen LogP contribution in [0.25, 0.3) is 43.1 Å². The van der Waals surface area contributed by atoms with Crippen LogP contribution in [-0.4, -0.2) is 12.2 Å². The van der Waals surface area contributed by atoms with Crippen molar-refractivity contribution in [2.24, 2.45) is 11.5 Å². The van der Waals surface area contributed by atoms with Crippen molar-refractivity contribution in [2.75, 3.05) is 0 Å². The maximum atomic E-state index is 11.6. The zero-order chi connectivity index (χ0) is 19.4. The first kappa shape index (κ1) is 16.1. The van der Waals surface area contributed by atoms with Gasteiger partial charge in [0.05, 0.1) is 0 Å². The molecular formula is C22H14N2O4. The van der Waals surface area contributed by atoms with Crippen molar-refractivity contribution in [1.29, 1.82) is 0 Å². The number of hydrogen-bond donors (Lipinski definition) is 2. The van der Waals surface area contributed by atoms with E-state index in [0.717, 1.165) is 37.7 Å². The van der Waals surface area contributed by atoms with Gasteiger partial charge in [-0.15, -0.1) is 0 Å². The topological polar surface area (TPSA) is 105 Å². The number of carbonyl (C=O) groups is 2. The van der Waals surface area contributed by atoms with Crippen molar-refractivity contribution in [1.82, 2.24) is 0 Å². The Morgan fingerprint density at radius 2 is 1.21 bits per heavy atom. The second-order valence-electron chi connectivity index (χ2n) is 6.53. The summed E-state index contributed by atoms with van der Waals surface area (Å²) in [6.07, 6.45) is -2.01. The first-order chi connectivity index (χ1) is 13.5. The Kier molecular flexibility index (Phi) is 3.30. The number of primary amides is 2. The number of carbonyl (C=O) groups excluding carboxylic acids is 2. The maximum Gasteiger partial charge on any atom is 0.410 e. The highest BCUT2D eigenvalue weighted by atomic mass is 16.6. The van der Waals surface area contributed by atoms with E-state index < -0.39 is 12.2 Å². The van der Waals surface area contributed by atoms with Crippen molar-refractivity contribution in [3.05, 3.63) is 60.7 Å². The van der Waals surface area contributed by atoms with Gasteiger partial charge in [-0.25, -0.2) is 9.59 Å². The van der Waals surface area contributed by atoms with Crippen LogP contribution in [0, 0.1) is 0 Å². The zero-order valence-corrected chi connectivity index (χ0v) is 14.6. The number of ether oxygens (including phenoxy) is 2. The van der Waals surface area contributed by atoms with Crippen molar-refractivity contribution in [3.8, 4) is 11.5 Å². The molecule has 0 unspecified atom stereocenters. The summed E-state index contributed by atoms with van der Waals surface area (Å²) in [5.41, 5.74) is 10.5. The van der Waals surface area contributed by atoms with E-state index in [0.29, 0.717) is 5.39 Å². The SMILES string of the molecule is NC(=O)Oc1cc2cccc3c4cccc5cccc(c(c1OC(N)=O)c23)c54. The third-order valence-electron chi connectivity index (χ3n) is 4.96. The van der Waals surface area contributed by atoms with Crippen LogP contribution < -0.4 is 20.9 Å². The van der Waals surface area contributed by atoms with Gasteiger partial charge >= 0.3 is 12.2 Å². The lowest BCUT2D eigenvalue weighted by molar-refractivity contribution is 0.201. The highest BCUT2D eigenvalue weighted by Gasteiger charge is 2.22. The summed E-state index contributed by atoms with van der Waals surface area (Å²) in [6, 6.07) is 19.4. The molecule has 0 radical (unpaired) electrons. The van der Waals surface area contributed by atoms with E-state index in [2.05, 4.69) is 6.07 Å². The Morgan fingerprint density at radius 3 is 1.86 bits per heavy atom. The molecule has 0 bridgehead atoms. The van der Waals surface area contributed by atoms with Crippen molar-refractivity contribution < 1.29 is 19.1 Å². The monoisotopic (exact) mass is 370 g/mol. The third kappa shape index (κ3) is 2.21. The van der Waals surface area contributed by atoms with Gasteiger partial charge < -0.3 is 20.9 Å². The van der Waals surface area contributed by atoms with E-state index in [4.69, 9.17) is 20.9 Å². The van der Waals surface area contributed by atoms with E-state index in [9.17, 15) is 9.59 Å². The summed E-state index contributed by atoms with van der Waals surface area (Å²) in [6.45, 7) is 0. The molecule has 5 rings (SSSR count). The van der Waals surface area contributed by atoms with Crippen LogP contribution in [0.5, 0.6) is 11.5 Å². The van der Waals surface area contributed by atoms with Crippen molar-refractivity contribution in [2.45, 2.75) is 0 Å². The molecule has 0 spiro atoms. The lowest BCUT2D eigenvalue weighted by atomic mass is 9.89. The number of rotatable bonds is 2. The third-order valence-corrected chi connectivity index (χ3v) is 4.96. The molecule has 2 amide bonds. The quantitative estimate of drug-likeness (QED) is 0.348. The Labute approximate surface area is 158 Å². The first-order valence-corrected chi connectivity index (χ1v) is 8.61. The Morgan fingerprint density at radius 1 is 0.643 bits per heavy atom. The molecule has 0 saturated carbocycles. The summed E-state index contributed by atoms with van der Waals surface area (Å²) in [4.78, 5) is 23.1. The number of benzene rings is 5. The molecule has 6 nitrogen and oxygen atoms in total. The van der Waals surface area contributed by atoms with Crippen LogP contribution in [0.15, 0.2) is 60.7 Å². The van der Waals surface area contributed by atoms with Crippen LogP contribution in [0.4, 0.5) is 9.59 Å². The predicted molar refractivity (Wildman–Crippen MR) is 108 cm³/mol. The van der Waals surface area contributed by atoms with Gasteiger partial charge in [0.15, 0.2) is 11.5 Å². The molecule has 28 heavy (non-hydrogen) atoms. The van der Waals surface area contributed by atoms with Crippen LogP contribution in [0.2, 0.25) is 0 Å². The Balaban J connectivity index is 2.11. The molecule has 0 aliphatic heterocycles. The zero-order valence-electron chi connectivity index (χ0n) is 14.6. The van der Waals surface area contributed by atoms with Crippen molar-refractivity contribution in [3.63, 3.8) is 0 Å². The second kappa shape index (κ2) is 5.72. The van der Waals surface area contributed by atoms with Gasteiger partial charge in [0.1, 0.15) is 0 Å². The molecule has 136 valence electrons. The van der Waals surface area contributed by atoms with Gasteiger partial charge in [-0.05, 0) is 38.4 Å². The van der Waals surface area contributed by atoms with E-state index in [-0.39, 0.29) is 11.5 Å². The first-order valence-electron chi connectivity index (χ1n) is 8.61. The minimum absolute atomic E-state index is 0.0438. The molecule has 0 aromatic heterocycles. The molecule has 0 saturated heterocycles. The van der Waals surface area contributed by atoms with Gasteiger partial charge in [-0.1, -0.05) is 54.6 Å². The summed E-state index contributed by atoms with van der Waals surface area (Å²) < 4.78 is 10.5. The highest BCUT2D eigenvalue weighted by Crippen LogP contribution is 2.47. The smallest absolute Gasteiger partial charge is 0.406 e. The van der Waals surface area contributed by atoms with Crippen LogP contribution in [-0.2, 0) is 0 Å². The molecule has 5 aromatic carbocycles. The minimum Gasteiger partial charge on any atom is -0.406 e. The molecule has 0 heterocycles. The van der Waals surface area contributed by atoms with Crippen LogP contribution in [0.3, 0.4) is 0 Å². The molecule has 6 heteroatoms. The van der Waals surface area contributed by atoms with E-state index in [1.54, 1.807) is 6.07 Å². The number of hydrogen-bond acceptors (Lipinski definition) is 4. The molecule has 0 aliphatic carbocycles. The van der Waals surface area contributed by atoms with E-state index in [1.807, 2.05) is 48.5 Å². The predicted octanol–water partition coefficient (Wildman–Crippen LogP) is 4.65. The average molecular weight is 370 g/mol. The van der Waals surface area contributed by atoms with Gasteiger partial charge in [0.25, 0.3) is 0 Å². The van der Waals surface area contributed by atoms with E-state index >= 15 is 0 Å². The van der Waals surface area contributed by atoms with Gasteiger partial charge in [0, 0.05) is 10.8 Å². The number of amides is 2. The molecule has 0 aliphatic rings. The van der Waals surface area contributed by atoms with Gasteiger partial charge in [-0.3, -0.25) is 0 Å². The molecule has 0 atom stereocenters. The standard InChI is InChI=1S/C22H14N2O4/c23-21(25)27-16-10-12-6-3-8-14-13-7-1-4-11-5-2-9-15(17(11)13)19(18(12)14)20(16)28-22(24)26/h1-10H,(H2,23,25)(H2,24,26). The average Bonchev–Trinajstić information content (AvgIpc) is 2.66. The molecular weight excluding hydrogens is 356 g/mol.